The second kappa shape index (κ2) is 6.22. The predicted octanol–water partition coefficient (Wildman–Crippen LogP) is 3.28. The highest BCUT2D eigenvalue weighted by Gasteiger charge is 2.27. The molecule has 1 unspecified atom stereocenters. The van der Waals surface area contributed by atoms with E-state index in [0.29, 0.717) is 17.1 Å². The first-order valence-electron chi connectivity index (χ1n) is 6.81. The molecule has 1 atom stereocenters. The van der Waals surface area contributed by atoms with E-state index in [1.165, 1.54) is 22.5 Å². The lowest BCUT2D eigenvalue weighted by molar-refractivity contribution is 0.144. The van der Waals surface area contributed by atoms with E-state index in [4.69, 9.17) is 11.6 Å². The largest absolute Gasteiger partial charge is 0.395 e. The van der Waals surface area contributed by atoms with Gasteiger partial charge in [-0.2, -0.15) is 0 Å². The highest BCUT2D eigenvalue weighted by Crippen LogP contribution is 2.36. The van der Waals surface area contributed by atoms with Gasteiger partial charge in [-0.3, -0.25) is 4.90 Å². The molecule has 0 aliphatic heterocycles. The van der Waals surface area contributed by atoms with E-state index in [1.54, 1.807) is 0 Å². The molecular formula is C15H17ClN2OS. The maximum atomic E-state index is 9.35. The second-order valence-electron chi connectivity index (χ2n) is 5.03. The van der Waals surface area contributed by atoms with Crippen LogP contribution in [0.5, 0.6) is 0 Å². The van der Waals surface area contributed by atoms with E-state index in [9.17, 15) is 5.11 Å². The number of hydrogen-bond acceptors (Lipinski definition) is 4. The smallest absolute Gasteiger partial charge is 0.183 e. The van der Waals surface area contributed by atoms with Crippen molar-refractivity contribution < 1.29 is 5.11 Å². The van der Waals surface area contributed by atoms with Gasteiger partial charge in [-0.25, -0.2) is 4.98 Å². The number of hydrogen-bond donors (Lipinski definition) is 1. The molecule has 0 bridgehead atoms. The Balaban J connectivity index is 1.81. The van der Waals surface area contributed by atoms with Gasteiger partial charge in [-0.05, 0) is 24.0 Å². The molecule has 1 aliphatic carbocycles. The van der Waals surface area contributed by atoms with Gasteiger partial charge in [0.15, 0.2) is 4.47 Å². The van der Waals surface area contributed by atoms with Crippen LogP contribution in [0.2, 0.25) is 4.47 Å². The van der Waals surface area contributed by atoms with E-state index in [-0.39, 0.29) is 6.61 Å². The first-order valence-corrected chi connectivity index (χ1v) is 8.00. The van der Waals surface area contributed by atoms with Crippen molar-refractivity contribution in [3.05, 3.63) is 50.9 Å². The quantitative estimate of drug-likeness (QED) is 0.921. The molecule has 0 amide bonds. The molecule has 0 saturated heterocycles. The summed E-state index contributed by atoms with van der Waals surface area (Å²) in [5, 5.41) is 9.35. The van der Waals surface area contributed by atoms with Gasteiger partial charge >= 0.3 is 0 Å². The maximum absolute atomic E-state index is 9.35. The second-order valence-corrected chi connectivity index (χ2v) is 6.72. The van der Waals surface area contributed by atoms with Crippen molar-refractivity contribution in [2.24, 2.45) is 0 Å². The van der Waals surface area contributed by atoms with Crippen molar-refractivity contribution >= 4 is 22.9 Å². The van der Waals surface area contributed by atoms with Crippen LogP contribution in [0, 0.1) is 0 Å². The maximum Gasteiger partial charge on any atom is 0.183 e. The number of aliphatic hydroxyl groups excluding tert-OH is 1. The minimum Gasteiger partial charge on any atom is -0.395 e. The minimum atomic E-state index is 0.172. The van der Waals surface area contributed by atoms with Gasteiger partial charge in [0.25, 0.3) is 0 Å². The van der Waals surface area contributed by atoms with Crippen molar-refractivity contribution in [3.8, 4) is 0 Å². The van der Waals surface area contributed by atoms with E-state index >= 15 is 0 Å². The fourth-order valence-corrected chi connectivity index (χ4v) is 3.95. The molecule has 1 aromatic heterocycles. The molecule has 1 aliphatic rings. The molecule has 106 valence electrons. The van der Waals surface area contributed by atoms with Crippen LogP contribution in [0.1, 0.15) is 28.5 Å². The zero-order chi connectivity index (χ0) is 13.9. The number of benzene rings is 1. The van der Waals surface area contributed by atoms with Gasteiger partial charge in [-0.1, -0.05) is 35.9 Å². The number of halogens is 1. The number of nitrogens with zero attached hydrogens (tertiary/aromatic N) is 2. The molecule has 3 rings (SSSR count). The highest BCUT2D eigenvalue weighted by atomic mass is 35.5. The lowest BCUT2D eigenvalue weighted by Crippen LogP contribution is -2.29. The van der Waals surface area contributed by atoms with Gasteiger partial charge in [0, 0.05) is 30.2 Å². The normalized spacial score (nSPS) is 17.6. The number of aliphatic hydroxyl groups is 1. The lowest BCUT2D eigenvalue weighted by Gasteiger charge is -2.28. The first-order chi connectivity index (χ1) is 9.78. The van der Waals surface area contributed by atoms with Crippen molar-refractivity contribution in [2.75, 3.05) is 13.2 Å². The summed E-state index contributed by atoms with van der Waals surface area (Å²) in [6.45, 7) is 1.64. The number of aromatic nitrogens is 1. The molecule has 20 heavy (non-hydrogen) atoms. The molecule has 1 N–H and O–H groups in total. The number of rotatable bonds is 5. The average Bonchev–Trinajstić information content (AvgIpc) is 3.04. The molecule has 5 heteroatoms. The van der Waals surface area contributed by atoms with E-state index < -0.39 is 0 Å². The van der Waals surface area contributed by atoms with Crippen LogP contribution in [-0.4, -0.2) is 28.1 Å². The van der Waals surface area contributed by atoms with Crippen molar-refractivity contribution in [1.29, 1.82) is 0 Å². The Morgan fingerprint density at radius 3 is 3.00 bits per heavy atom. The topological polar surface area (TPSA) is 36.4 Å². The van der Waals surface area contributed by atoms with Crippen molar-refractivity contribution in [2.45, 2.75) is 25.4 Å². The van der Waals surface area contributed by atoms with Gasteiger partial charge in [-0.15, -0.1) is 11.3 Å². The first kappa shape index (κ1) is 14.0. The Labute approximate surface area is 127 Å². The van der Waals surface area contributed by atoms with Crippen molar-refractivity contribution in [3.63, 3.8) is 0 Å². The van der Waals surface area contributed by atoms with Gasteiger partial charge in [0.2, 0.25) is 0 Å². The van der Waals surface area contributed by atoms with E-state index in [1.807, 2.05) is 6.20 Å². The summed E-state index contributed by atoms with van der Waals surface area (Å²) in [5.74, 6) is 0. The van der Waals surface area contributed by atoms with Crippen LogP contribution in [0.25, 0.3) is 0 Å². The van der Waals surface area contributed by atoms with Crippen LogP contribution in [0.15, 0.2) is 30.5 Å². The Hall–Kier alpha value is -0.940. The van der Waals surface area contributed by atoms with Crippen LogP contribution >= 0.6 is 22.9 Å². The molecule has 1 aromatic carbocycles. The predicted molar refractivity (Wildman–Crippen MR) is 82.1 cm³/mol. The molecule has 0 spiro atoms. The molecule has 1 heterocycles. The summed E-state index contributed by atoms with van der Waals surface area (Å²) >= 11 is 7.41. The van der Waals surface area contributed by atoms with E-state index in [2.05, 4.69) is 34.1 Å². The standard InChI is InChI=1S/C15H17ClN2OS/c16-15-17-9-12(20-15)10-18(7-8-19)14-6-5-11-3-1-2-4-13(11)14/h1-4,9,14,19H,5-8,10H2. The molecular weight excluding hydrogens is 292 g/mol. The van der Waals surface area contributed by atoms with Gasteiger partial charge in [0.1, 0.15) is 0 Å². The Kier molecular flexibility index (Phi) is 4.36. The summed E-state index contributed by atoms with van der Waals surface area (Å²) in [6, 6.07) is 8.99. The zero-order valence-electron chi connectivity index (χ0n) is 11.1. The van der Waals surface area contributed by atoms with Crippen LogP contribution in [0.4, 0.5) is 0 Å². The summed E-state index contributed by atoms with van der Waals surface area (Å²) in [7, 11) is 0. The summed E-state index contributed by atoms with van der Waals surface area (Å²) in [6.07, 6.45) is 4.07. The van der Waals surface area contributed by atoms with Gasteiger partial charge < -0.3 is 5.11 Å². The Bertz CT molecular complexity index is 587. The van der Waals surface area contributed by atoms with Crippen LogP contribution in [0.3, 0.4) is 0 Å². The third-order valence-corrected chi connectivity index (χ3v) is 4.91. The molecule has 0 fully saturated rings. The van der Waals surface area contributed by atoms with Crippen LogP contribution < -0.4 is 0 Å². The Morgan fingerprint density at radius 2 is 2.25 bits per heavy atom. The Morgan fingerprint density at radius 1 is 1.40 bits per heavy atom. The molecule has 0 saturated carbocycles. The third-order valence-electron chi connectivity index (χ3n) is 3.81. The van der Waals surface area contributed by atoms with E-state index in [0.717, 1.165) is 24.3 Å². The highest BCUT2D eigenvalue weighted by molar-refractivity contribution is 7.15. The van der Waals surface area contributed by atoms with Crippen LogP contribution in [-0.2, 0) is 13.0 Å². The fraction of sp³-hybridized carbons (Fsp3) is 0.400. The lowest BCUT2D eigenvalue weighted by atomic mass is 10.1. The monoisotopic (exact) mass is 308 g/mol. The molecule has 2 aromatic rings. The summed E-state index contributed by atoms with van der Waals surface area (Å²) in [5.41, 5.74) is 2.83. The minimum absolute atomic E-state index is 0.172. The molecule has 3 nitrogen and oxygen atoms in total. The summed E-state index contributed by atoms with van der Waals surface area (Å²) in [4.78, 5) is 7.57. The third kappa shape index (κ3) is 2.88. The number of fused-ring (bicyclic) bond motifs is 1. The van der Waals surface area contributed by atoms with Gasteiger partial charge in [0.05, 0.1) is 6.61 Å². The fourth-order valence-electron chi connectivity index (χ4n) is 2.94. The zero-order valence-corrected chi connectivity index (χ0v) is 12.7. The SMILES string of the molecule is OCCN(Cc1cnc(Cl)s1)C1CCc2ccccc21. The number of aryl methyl sites for hydroxylation is 1. The average molecular weight is 309 g/mol. The summed E-state index contributed by atoms with van der Waals surface area (Å²) < 4.78 is 0.579. The molecule has 0 radical (unpaired) electrons. The number of thiazole rings is 1. The van der Waals surface area contributed by atoms with Crippen molar-refractivity contribution in [1.82, 2.24) is 9.88 Å².